The SMILES string of the molecule is CCN=C1C(=C(N)OC)CC(C=NC)=C(N)c2ccc(F)cc2COc2cc1cnc2N. The molecule has 0 fully saturated rings. The second-order valence-corrected chi connectivity index (χ2v) is 7.07. The first-order chi connectivity index (χ1) is 15.4. The highest BCUT2D eigenvalue weighted by Crippen LogP contribution is 2.30. The standard InChI is InChI=1S/C23H27FN6O2/c1-4-29-21-14-9-19(22(26)30-11-14)32-12-15-7-16(24)5-6-17(15)20(25)13(10-28-2)8-18(21)23(27)31-3/h5-7,9-11H,4,8,12,25,27H2,1-3H3,(H2,26,30). The Hall–Kier alpha value is -3.88. The largest absolute Gasteiger partial charge is 0.485 e. The molecule has 32 heavy (non-hydrogen) atoms. The van der Waals surface area contributed by atoms with Gasteiger partial charge in [-0.2, -0.15) is 0 Å². The fraction of sp³-hybridized carbons (Fsp3) is 0.261. The summed E-state index contributed by atoms with van der Waals surface area (Å²) in [6.45, 7) is 2.45. The molecule has 6 N–H and O–H groups in total. The zero-order valence-corrected chi connectivity index (χ0v) is 18.4. The zero-order valence-electron chi connectivity index (χ0n) is 18.4. The highest BCUT2D eigenvalue weighted by Gasteiger charge is 2.22. The number of nitrogens with two attached hydrogens (primary N) is 3. The van der Waals surface area contributed by atoms with Gasteiger partial charge >= 0.3 is 0 Å². The van der Waals surface area contributed by atoms with Crippen LogP contribution in [-0.2, 0) is 11.3 Å². The summed E-state index contributed by atoms with van der Waals surface area (Å²) in [6, 6.07) is 6.08. The second kappa shape index (κ2) is 9.95. The minimum atomic E-state index is -0.403. The van der Waals surface area contributed by atoms with E-state index in [1.54, 1.807) is 31.6 Å². The molecule has 0 saturated heterocycles. The Bertz CT molecular complexity index is 1140. The maximum absolute atomic E-state index is 14.0. The average molecular weight is 439 g/mol. The number of allylic oxidation sites excluding steroid dienone is 2. The van der Waals surface area contributed by atoms with Gasteiger partial charge < -0.3 is 26.7 Å². The number of hydrogen-bond donors (Lipinski definition) is 3. The third-order valence-electron chi connectivity index (χ3n) is 5.01. The lowest BCUT2D eigenvalue weighted by Gasteiger charge is -2.20. The van der Waals surface area contributed by atoms with Crippen LogP contribution in [0.15, 0.2) is 57.5 Å². The third kappa shape index (κ3) is 4.72. The van der Waals surface area contributed by atoms with Crippen LogP contribution >= 0.6 is 0 Å². The number of nitrogen functional groups attached to an aromatic ring is 1. The van der Waals surface area contributed by atoms with E-state index < -0.39 is 5.82 Å². The number of ether oxygens (including phenoxy) is 2. The van der Waals surface area contributed by atoms with Gasteiger partial charge in [0, 0.05) is 60.4 Å². The molecule has 9 heteroatoms. The van der Waals surface area contributed by atoms with Crippen LogP contribution in [0.25, 0.3) is 5.70 Å². The lowest BCUT2D eigenvalue weighted by molar-refractivity contribution is 0.284. The summed E-state index contributed by atoms with van der Waals surface area (Å²) in [6.07, 6.45) is 3.52. The van der Waals surface area contributed by atoms with Gasteiger partial charge in [0.2, 0.25) is 0 Å². The van der Waals surface area contributed by atoms with Crippen LogP contribution in [-0.4, -0.2) is 37.6 Å². The minimum Gasteiger partial charge on any atom is -0.485 e. The first kappa shape index (κ1) is 22.8. The van der Waals surface area contributed by atoms with E-state index in [9.17, 15) is 4.39 Å². The molecule has 1 aromatic heterocycles. The molecule has 1 aliphatic heterocycles. The van der Waals surface area contributed by atoms with Crippen molar-refractivity contribution in [2.45, 2.75) is 20.0 Å². The van der Waals surface area contributed by atoms with Gasteiger partial charge in [-0.15, -0.1) is 0 Å². The molecule has 3 rings (SSSR count). The normalized spacial score (nSPS) is 17.4. The Morgan fingerprint density at radius 1 is 1.31 bits per heavy atom. The Morgan fingerprint density at radius 3 is 2.78 bits per heavy atom. The van der Waals surface area contributed by atoms with Crippen molar-refractivity contribution in [2.75, 3.05) is 26.4 Å². The molecule has 2 heterocycles. The molecule has 2 bridgehead atoms. The van der Waals surface area contributed by atoms with Crippen LogP contribution in [0.5, 0.6) is 5.75 Å². The van der Waals surface area contributed by atoms with Crippen LogP contribution in [0.2, 0.25) is 0 Å². The van der Waals surface area contributed by atoms with Crippen LogP contribution in [0.3, 0.4) is 0 Å². The van der Waals surface area contributed by atoms with Crippen LogP contribution < -0.4 is 21.9 Å². The first-order valence-electron chi connectivity index (χ1n) is 10.0. The van der Waals surface area contributed by atoms with E-state index in [0.717, 1.165) is 0 Å². The number of pyridine rings is 1. The van der Waals surface area contributed by atoms with Gasteiger partial charge in [0.15, 0.2) is 17.5 Å². The van der Waals surface area contributed by atoms with Gasteiger partial charge in [0.05, 0.1) is 12.8 Å². The van der Waals surface area contributed by atoms with E-state index in [-0.39, 0.29) is 24.7 Å². The summed E-state index contributed by atoms with van der Waals surface area (Å²) in [5.74, 6) is 0.324. The number of hydrogen-bond acceptors (Lipinski definition) is 8. The van der Waals surface area contributed by atoms with Crippen molar-refractivity contribution in [3.8, 4) is 5.75 Å². The molecule has 0 atom stereocenters. The topological polar surface area (TPSA) is 134 Å². The minimum absolute atomic E-state index is 0.0445. The number of methoxy groups -OCH3 is 1. The van der Waals surface area contributed by atoms with E-state index in [1.807, 2.05) is 6.92 Å². The number of aliphatic imine (C=N–C) groups is 2. The number of benzene rings is 1. The molecule has 1 aromatic carbocycles. The molecule has 0 saturated carbocycles. The van der Waals surface area contributed by atoms with Gasteiger partial charge in [0.25, 0.3) is 0 Å². The quantitative estimate of drug-likeness (QED) is 0.498. The predicted molar refractivity (Wildman–Crippen MR) is 125 cm³/mol. The maximum Gasteiger partial charge on any atom is 0.189 e. The van der Waals surface area contributed by atoms with Crippen molar-refractivity contribution in [3.63, 3.8) is 0 Å². The van der Waals surface area contributed by atoms with Gasteiger partial charge in [-0.3, -0.25) is 9.98 Å². The summed E-state index contributed by atoms with van der Waals surface area (Å²) >= 11 is 0. The summed E-state index contributed by atoms with van der Waals surface area (Å²) in [5.41, 5.74) is 22.9. The monoisotopic (exact) mass is 438 g/mol. The molecule has 168 valence electrons. The zero-order chi connectivity index (χ0) is 23.3. The second-order valence-electron chi connectivity index (χ2n) is 7.07. The van der Waals surface area contributed by atoms with Crippen molar-refractivity contribution in [1.29, 1.82) is 0 Å². The van der Waals surface area contributed by atoms with Crippen molar-refractivity contribution in [3.05, 3.63) is 70.0 Å². The number of rotatable bonds is 3. The summed E-state index contributed by atoms with van der Waals surface area (Å²) in [4.78, 5) is 13.1. The van der Waals surface area contributed by atoms with E-state index in [0.29, 0.717) is 51.5 Å². The molecule has 0 spiro atoms. The summed E-state index contributed by atoms with van der Waals surface area (Å²) in [5, 5.41) is 0. The lowest BCUT2D eigenvalue weighted by Crippen LogP contribution is -2.18. The Morgan fingerprint density at radius 2 is 2.09 bits per heavy atom. The number of anilines is 1. The van der Waals surface area contributed by atoms with Gasteiger partial charge in [0.1, 0.15) is 12.4 Å². The van der Waals surface area contributed by atoms with Crippen LogP contribution in [0.4, 0.5) is 10.2 Å². The smallest absolute Gasteiger partial charge is 0.189 e. The van der Waals surface area contributed by atoms with E-state index in [1.165, 1.54) is 19.2 Å². The molecule has 0 amide bonds. The number of aromatic nitrogens is 1. The summed E-state index contributed by atoms with van der Waals surface area (Å²) < 4.78 is 25.3. The molecule has 0 unspecified atom stereocenters. The third-order valence-corrected chi connectivity index (χ3v) is 5.01. The molecule has 2 aromatic rings. The van der Waals surface area contributed by atoms with E-state index in [4.69, 9.17) is 26.7 Å². The fourth-order valence-corrected chi connectivity index (χ4v) is 3.46. The molecule has 0 aliphatic carbocycles. The lowest BCUT2D eigenvalue weighted by atomic mass is 9.93. The Labute approximate surface area is 186 Å². The fourth-order valence-electron chi connectivity index (χ4n) is 3.46. The Balaban J connectivity index is 2.36. The molecule has 1 aliphatic rings. The number of fused-ring (bicyclic) bond motifs is 3. The van der Waals surface area contributed by atoms with Gasteiger partial charge in [-0.05, 0) is 36.8 Å². The van der Waals surface area contributed by atoms with Gasteiger partial charge in [-0.1, -0.05) is 0 Å². The van der Waals surface area contributed by atoms with Crippen molar-refractivity contribution in [1.82, 2.24) is 4.98 Å². The number of halogens is 1. The molecular formula is C23H27FN6O2. The van der Waals surface area contributed by atoms with E-state index in [2.05, 4.69) is 15.0 Å². The van der Waals surface area contributed by atoms with Crippen LogP contribution in [0.1, 0.15) is 30.0 Å². The van der Waals surface area contributed by atoms with Crippen molar-refractivity contribution >= 4 is 23.4 Å². The maximum atomic E-state index is 14.0. The van der Waals surface area contributed by atoms with Crippen LogP contribution in [0, 0.1) is 5.82 Å². The first-order valence-corrected chi connectivity index (χ1v) is 10.0. The molecule has 8 nitrogen and oxygen atoms in total. The summed E-state index contributed by atoms with van der Waals surface area (Å²) in [7, 11) is 3.13. The predicted octanol–water partition coefficient (Wildman–Crippen LogP) is 2.78. The highest BCUT2D eigenvalue weighted by molar-refractivity contribution is 6.14. The average Bonchev–Trinajstić information content (AvgIpc) is 2.78. The highest BCUT2D eigenvalue weighted by atomic mass is 19.1. The van der Waals surface area contributed by atoms with Crippen molar-refractivity contribution in [2.24, 2.45) is 21.5 Å². The molecule has 0 radical (unpaired) electrons. The van der Waals surface area contributed by atoms with Gasteiger partial charge in [-0.25, -0.2) is 9.37 Å². The van der Waals surface area contributed by atoms with E-state index >= 15 is 0 Å². The number of nitrogens with zero attached hydrogens (tertiary/aromatic N) is 3. The van der Waals surface area contributed by atoms with Crippen molar-refractivity contribution < 1.29 is 13.9 Å². The Kier molecular flexibility index (Phi) is 7.09. The molecular weight excluding hydrogens is 411 g/mol.